The number of carboxylic acid groups (broad SMARTS) is 2. The Labute approximate surface area is 110 Å². The van der Waals surface area contributed by atoms with Gasteiger partial charge in [-0.05, 0) is 6.42 Å². The number of hydrogen-bond acceptors (Lipinski definition) is 6. The molecular formula is C10H11N5O5. The van der Waals surface area contributed by atoms with Gasteiger partial charge in [-0.2, -0.15) is 4.98 Å². The molecule has 0 aliphatic heterocycles. The summed E-state index contributed by atoms with van der Waals surface area (Å²) in [7, 11) is 0. The number of nitrogens with one attached hydrogen (secondary N) is 1. The van der Waals surface area contributed by atoms with Gasteiger partial charge >= 0.3 is 11.9 Å². The largest absolute Gasteiger partial charge is 0.481 e. The number of nitrogens with zero attached hydrogens (tertiary/aromatic N) is 3. The molecule has 0 bridgehead atoms. The lowest BCUT2D eigenvalue weighted by Gasteiger charge is -2.08. The summed E-state index contributed by atoms with van der Waals surface area (Å²) in [5.41, 5.74) is 5.13. The van der Waals surface area contributed by atoms with E-state index in [9.17, 15) is 14.4 Å². The highest BCUT2D eigenvalue weighted by atomic mass is 16.4. The molecule has 10 nitrogen and oxygen atoms in total. The second kappa shape index (κ2) is 4.99. The van der Waals surface area contributed by atoms with Gasteiger partial charge in [-0.3, -0.25) is 19.4 Å². The van der Waals surface area contributed by atoms with Crippen molar-refractivity contribution >= 4 is 29.1 Å². The third-order valence-electron chi connectivity index (χ3n) is 2.75. The lowest BCUT2D eigenvalue weighted by Crippen LogP contribution is -2.24. The van der Waals surface area contributed by atoms with Gasteiger partial charge < -0.3 is 20.5 Å². The summed E-state index contributed by atoms with van der Waals surface area (Å²) in [5.74, 6) is -4.48. The Morgan fingerprint density at radius 1 is 1.40 bits per heavy atom. The number of aliphatic carboxylic acids is 2. The molecule has 5 N–H and O–H groups in total. The summed E-state index contributed by atoms with van der Waals surface area (Å²) < 4.78 is 1.39. The Kier molecular flexibility index (Phi) is 3.37. The second-order valence-corrected chi connectivity index (χ2v) is 4.08. The van der Waals surface area contributed by atoms with E-state index in [1.54, 1.807) is 0 Å². The van der Waals surface area contributed by atoms with E-state index in [1.807, 2.05) is 0 Å². The van der Waals surface area contributed by atoms with E-state index in [2.05, 4.69) is 15.0 Å². The summed E-state index contributed by atoms with van der Waals surface area (Å²) in [4.78, 5) is 43.1. The minimum absolute atomic E-state index is 0.0374. The van der Waals surface area contributed by atoms with Crippen molar-refractivity contribution in [2.45, 2.75) is 13.0 Å². The number of H-pyrrole nitrogens is 1. The van der Waals surface area contributed by atoms with Crippen LogP contribution < -0.4 is 11.3 Å². The number of hydrogen-bond donors (Lipinski definition) is 4. The first kappa shape index (κ1) is 13.5. The lowest BCUT2D eigenvalue weighted by molar-refractivity contribution is -0.154. The standard InChI is InChI=1S/C10H11N5O5/c11-10-13-6-5(7(16)14-10)12-3-15(6)2-1-4(8(17)18)9(19)20/h3-4H,1-2H2,(H,17,18)(H,19,20)(H3,11,13,14,16). The normalized spacial score (nSPS) is 11.1. The minimum Gasteiger partial charge on any atom is -0.481 e. The summed E-state index contributed by atoms with van der Waals surface area (Å²) >= 11 is 0. The smallest absolute Gasteiger partial charge is 0.317 e. The summed E-state index contributed by atoms with van der Waals surface area (Å²) in [6.07, 6.45) is 1.12. The zero-order valence-corrected chi connectivity index (χ0v) is 10.1. The molecule has 0 saturated carbocycles. The van der Waals surface area contributed by atoms with Crippen LogP contribution in [0.25, 0.3) is 11.2 Å². The number of aromatic nitrogens is 4. The molecule has 0 aromatic carbocycles. The molecule has 106 valence electrons. The number of anilines is 1. The number of rotatable bonds is 5. The van der Waals surface area contributed by atoms with Gasteiger partial charge in [0.1, 0.15) is 0 Å². The lowest BCUT2D eigenvalue weighted by atomic mass is 10.1. The maximum Gasteiger partial charge on any atom is 0.317 e. The Bertz CT molecular complexity index is 719. The molecule has 0 aliphatic rings. The van der Waals surface area contributed by atoms with E-state index in [1.165, 1.54) is 10.9 Å². The highest BCUT2D eigenvalue weighted by molar-refractivity contribution is 5.92. The van der Waals surface area contributed by atoms with Crippen LogP contribution in [-0.2, 0) is 16.1 Å². The number of carbonyl (C=O) groups is 2. The number of aryl methyl sites for hydroxylation is 1. The summed E-state index contributed by atoms with van der Waals surface area (Å²) in [6.45, 7) is 0.0374. The van der Waals surface area contributed by atoms with Crippen molar-refractivity contribution < 1.29 is 19.8 Å². The molecule has 0 fully saturated rings. The Morgan fingerprint density at radius 2 is 2.05 bits per heavy atom. The molecule has 2 heterocycles. The Balaban J connectivity index is 2.29. The van der Waals surface area contributed by atoms with Gasteiger partial charge in [0.2, 0.25) is 5.95 Å². The average Bonchev–Trinajstić information content (AvgIpc) is 2.72. The molecular weight excluding hydrogens is 270 g/mol. The molecule has 0 saturated heterocycles. The molecule has 10 heteroatoms. The quantitative estimate of drug-likeness (QED) is 0.500. The van der Waals surface area contributed by atoms with Crippen LogP contribution in [-0.4, -0.2) is 41.7 Å². The highest BCUT2D eigenvalue weighted by Crippen LogP contribution is 2.11. The van der Waals surface area contributed by atoms with Crippen LogP contribution in [0.4, 0.5) is 5.95 Å². The molecule has 0 atom stereocenters. The van der Waals surface area contributed by atoms with Crippen molar-refractivity contribution in [2.75, 3.05) is 5.73 Å². The zero-order chi connectivity index (χ0) is 14.9. The van der Waals surface area contributed by atoms with Crippen molar-refractivity contribution in [1.29, 1.82) is 0 Å². The van der Waals surface area contributed by atoms with Crippen LogP contribution >= 0.6 is 0 Å². The van der Waals surface area contributed by atoms with E-state index < -0.39 is 23.4 Å². The monoisotopic (exact) mass is 281 g/mol. The first-order chi connectivity index (χ1) is 9.40. The molecule has 0 aliphatic carbocycles. The topological polar surface area (TPSA) is 164 Å². The fourth-order valence-corrected chi connectivity index (χ4v) is 1.76. The van der Waals surface area contributed by atoms with Crippen molar-refractivity contribution in [1.82, 2.24) is 19.5 Å². The van der Waals surface area contributed by atoms with E-state index in [-0.39, 0.29) is 30.1 Å². The first-order valence-corrected chi connectivity index (χ1v) is 5.56. The van der Waals surface area contributed by atoms with Crippen LogP contribution in [0.5, 0.6) is 0 Å². The first-order valence-electron chi connectivity index (χ1n) is 5.56. The van der Waals surface area contributed by atoms with Crippen LogP contribution in [0.1, 0.15) is 6.42 Å². The maximum atomic E-state index is 11.5. The SMILES string of the molecule is Nc1nc2c(ncn2CCC(C(=O)O)C(=O)O)c(=O)[nH]1. The molecule has 2 aromatic heterocycles. The van der Waals surface area contributed by atoms with Gasteiger partial charge in [-0.15, -0.1) is 0 Å². The van der Waals surface area contributed by atoms with E-state index in [0.29, 0.717) is 0 Å². The Morgan fingerprint density at radius 3 is 2.65 bits per heavy atom. The van der Waals surface area contributed by atoms with Gasteiger partial charge in [-0.25, -0.2) is 4.98 Å². The zero-order valence-electron chi connectivity index (χ0n) is 10.1. The fourth-order valence-electron chi connectivity index (χ4n) is 1.76. The second-order valence-electron chi connectivity index (χ2n) is 4.08. The average molecular weight is 281 g/mol. The number of nitrogen functional groups attached to an aromatic ring is 1. The number of aromatic amines is 1. The number of fused-ring (bicyclic) bond motifs is 1. The predicted molar refractivity (Wildman–Crippen MR) is 65.9 cm³/mol. The van der Waals surface area contributed by atoms with Crippen molar-refractivity contribution in [2.24, 2.45) is 5.92 Å². The minimum atomic E-state index is -1.54. The fraction of sp³-hybridized carbons (Fsp3) is 0.300. The maximum absolute atomic E-state index is 11.5. The van der Waals surface area contributed by atoms with Gasteiger partial charge in [0.15, 0.2) is 17.1 Å². The third-order valence-corrected chi connectivity index (χ3v) is 2.75. The molecule has 2 rings (SSSR count). The van der Waals surface area contributed by atoms with Crippen LogP contribution in [0.3, 0.4) is 0 Å². The molecule has 0 spiro atoms. The van der Waals surface area contributed by atoms with E-state index >= 15 is 0 Å². The molecule has 0 amide bonds. The molecule has 2 aromatic rings. The van der Waals surface area contributed by atoms with E-state index in [4.69, 9.17) is 15.9 Å². The molecule has 0 unspecified atom stereocenters. The third kappa shape index (κ3) is 2.43. The van der Waals surface area contributed by atoms with Crippen molar-refractivity contribution in [3.8, 4) is 0 Å². The highest BCUT2D eigenvalue weighted by Gasteiger charge is 2.25. The molecule has 0 radical (unpaired) electrons. The van der Waals surface area contributed by atoms with Crippen molar-refractivity contribution in [3.05, 3.63) is 16.7 Å². The molecule has 20 heavy (non-hydrogen) atoms. The van der Waals surface area contributed by atoms with Gasteiger partial charge in [0.05, 0.1) is 6.33 Å². The number of nitrogens with two attached hydrogens (primary N) is 1. The van der Waals surface area contributed by atoms with E-state index in [0.717, 1.165) is 0 Å². The summed E-state index contributed by atoms with van der Waals surface area (Å²) in [5, 5.41) is 17.6. The Hall–Kier alpha value is -2.91. The van der Waals surface area contributed by atoms with Crippen LogP contribution in [0.15, 0.2) is 11.1 Å². The predicted octanol–water partition coefficient (Wildman–Crippen LogP) is -1.12. The van der Waals surface area contributed by atoms with Gasteiger partial charge in [0, 0.05) is 6.54 Å². The summed E-state index contributed by atoms with van der Waals surface area (Å²) in [6, 6.07) is 0. The van der Waals surface area contributed by atoms with Gasteiger partial charge in [0.25, 0.3) is 5.56 Å². The van der Waals surface area contributed by atoms with Crippen molar-refractivity contribution in [3.63, 3.8) is 0 Å². The van der Waals surface area contributed by atoms with Crippen LogP contribution in [0.2, 0.25) is 0 Å². The van der Waals surface area contributed by atoms with Crippen LogP contribution in [0, 0.1) is 5.92 Å². The number of imidazole rings is 1. The van der Waals surface area contributed by atoms with Gasteiger partial charge in [-0.1, -0.05) is 0 Å². The number of carboxylic acids is 2.